The molecule has 2 aromatic heterocycles. The van der Waals surface area contributed by atoms with Crippen molar-refractivity contribution < 1.29 is 0 Å². The molecule has 0 radical (unpaired) electrons. The molecule has 0 saturated heterocycles. The number of fused-ring (bicyclic) bond motifs is 2. The number of aromatic nitrogens is 4. The average Bonchev–Trinajstić information content (AvgIpc) is 3.11. The van der Waals surface area contributed by atoms with Gasteiger partial charge in [-0.3, -0.25) is 4.99 Å². The standard InChI is InChI=1S/C21H28N8.HI/c1-14-24-20-18(10-7-11-29(20)27-14)26-21(22-2)23-13-15-12-19(28(3)4)25-17-9-6-5-8-16(15)17;/h5-6,8-9,12,18H,7,10-11,13H2,1-4H3,(H2,22,23,26);1H. The Bertz CT molecular complexity index is 1040. The number of nitrogens with zero attached hydrogens (tertiary/aromatic N) is 6. The second-order valence-corrected chi connectivity index (χ2v) is 7.56. The maximum Gasteiger partial charge on any atom is 0.191 e. The predicted molar refractivity (Wildman–Crippen MR) is 132 cm³/mol. The SMILES string of the molecule is CN=C(NCc1cc(N(C)C)nc2ccccc12)NC1CCCn2nc(C)nc21.I. The van der Waals surface area contributed by atoms with Crippen molar-refractivity contribution in [3.63, 3.8) is 0 Å². The summed E-state index contributed by atoms with van der Waals surface area (Å²) in [7, 11) is 5.82. The van der Waals surface area contributed by atoms with E-state index in [9.17, 15) is 0 Å². The number of aryl methyl sites for hydroxylation is 2. The Morgan fingerprint density at radius 3 is 2.83 bits per heavy atom. The molecule has 4 rings (SSSR count). The van der Waals surface area contributed by atoms with E-state index in [1.54, 1.807) is 7.05 Å². The number of benzene rings is 1. The Morgan fingerprint density at radius 1 is 1.27 bits per heavy atom. The van der Waals surface area contributed by atoms with Crippen LogP contribution in [0.2, 0.25) is 0 Å². The van der Waals surface area contributed by atoms with Crippen molar-refractivity contribution >= 4 is 46.7 Å². The van der Waals surface area contributed by atoms with Gasteiger partial charge in [0, 0.05) is 39.6 Å². The van der Waals surface area contributed by atoms with Gasteiger partial charge in [0.05, 0.1) is 11.6 Å². The van der Waals surface area contributed by atoms with E-state index in [1.807, 2.05) is 42.7 Å². The van der Waals surface area contributed by atoms with Crippen molar-refractivity contribution in [2.45, 2.75) is 38.9 Å². The molecule has 1 aliphatic rings. The van der Waals surface area contributed by atoms with Crippen LogP contribution in [-0.2, 0) is 13.1 Å². The monoisotopic (exact) mass is 520 g/mol. The first-order valence-corrected chi connectivity index (χ1v) is 9.99. The fourth-order valence-corrected chi connectivity index (χ4v) is 3.75. The van der Waals surface area contributed by atoms with Gasteiger partial charge in [-0.2, -0.15) is 5.10 Å². The molecular formula is C21H29IN8. The lowest BCUT2D eigenvalue weighted by atomic mass is 10.1. The Kier molecular flexibility index (Phi) is 7.11. The summed E-state index contributed by atoms with van der Waals surface area (Å²) in [5.74, 6) is 3.51. The van der Waals surface area contributed by atoms with Crippen LogP contribution >= 0.6 is 24.0 Å². The van der Waals surface area contributed by atoms with Gasteiger partial charge in [0.25, 0.3) is 0 Å². The quantitative estimate of drug-likeness (QED) is 0.313. The lowest BCUT2D eigenvalue weighted by Crippen LogP contribution is -2.41. The Hall–Kier alpha value is -2.43. The highest BCUT2D eigenvalue weighted by Crippen LogP contribution is 2.24. The molecule has 0 spiro atoms. The number of guanidine groups is 1. The predicted octanol–water partition coefficient (Wildman–Crippen LogP) is 3.02. The maximum atomic E-state index is 4.74. The first-order chi connectivity index (χ1) is 14.0. The van der Waals surface area contributed by atoms with Crippen molar-refractivity contribution in [3.8, 4) is 0 Å². The van der Waals surface area contributed by atoms with E-state index in [1.165, 1.54) is 5.56 Å². The van der Waals surface area contributed by atoms with Crippen LogP contribution in [0.3, 0.4) is 0 Å². The van der Waals surface area contributed by atoms with Gasteiger partial charge >= 0.3 is 0 Å². The summed E-state index contributed by atoms with van der Waals surface area (Å²) in [6.45, 7) is 3.52. The summed E-state index contributed by atoms with van der Waals surface area (Å²) in [6.07, 6.45) is 2.09. The molecule has 0 fully saturated rings. The van der Waals surface area contributed by atoms with Gasteiger partial charge in [-0.15, -0.1) is 24.0 Å². The van der Waals surface area contributed by atoms with E-state index in [-0.39, 0.29) is 30.0 Å². The molecule has 1 aromatic carbocycles. The number of aliphatic imine (C=N–C) groups is 1. The number of anilines is 1. The fourth-order valence-electron chi connectivity index (χ4n) is 3.75. The van der Waals surface area contributed by atoms with Gasteiger partial charge in [-0.05, 0) is 37.5 Å². The second kappa shape index (κ2) is 9.59. The second-order valence-electron chi connectivity index (χ2n) is 7.56. The minimum atomic E-state index is 0. The highest BCUT2D eigenvalue weighted by atomic mass is 127. The molecule has 8 nitrogen and oxygen atoms in total. The van der Waals surface area contributed by atoms with Gasteiger partial charge in [0.2, 0.25) is 0 Å². The van der Waals surface area contributed by atoms with Crippen LogP contribution in [0.5, 0.6) is 0 Å². The third-order valence-corrected chi connectivity index (χ3v) is 5.21. The lowest BCUT2D eigenvalue weighted by molar-refractivity contribution is 0.397. The van der Waals surface area contributed by atoms with Crippen molar-refractivity contribution in [2.75, 3.05) is 26.0 Å². The highest BCUT2D eigenvalue weighted by Gasteiger charge is 2.24. The molecule has 9 heteroatoms. The third-order valence-electron chi connectivity index (χ3n) is 5.21. The molecule has 1 unspecified atom stereocenters. The number of rotatable bonds is 4. The molecule has 0 amide bonds. The molecule has 0 aliphatic carbocycles. The summed E-state index contributed by atoms with van der Waals surface area (Å²) in [5, 5.41) is 12.6. The summed E-state index contributed by atoms with van der Waals surface area (Å²) >= 11 is 0. The molecule has 160 valence electrons. The van der Waals surface area contributed by atoms with Crippen LogP contribution in [0.25, 0.3) is 10.9 Å². The van der Waals surface area contributed by atoms with Gasteiger partial charge in [0.15, 0.2) is 5.96 Å². The zero-order valence-corrected chi connectivity index (χ0v) is 20.2. The zero-order valence-electron chi connectivity index (χ0n) is 17.9. The molecule has 1 atom stereocenters. The van der Waals surface area contributed by atoms with E-state index in [0.717, 1.165) is 53.7 Å². The van der Waals surface area contributed by atoms with E-state index in [0.29, 0.717) is 6.54 Å². The summed E-state index contributed by atoms with van der Waals surface area (Å²) in [4.78, 5) is 15.8. The Labute approximate surface area is 194 Å². The van der Waals surface area contributed by atoms with Crippen LogP contribution in [0.4, 0.5) is 5.82 Å². The number of nitrogens with one attached hydrogen (secondary N) is 2. The molecule has 0 bridgehead atoms. The van der Waals surface area contributed by atoms with Crippen molar-refractivity contribution in [3.05, 3.63) is 47.5 Å². The van der Waals surface area contributed by atoms with E-state index in [2.05, 4.69) is 43.9 Å². The summed E-state index contributed by atoms with van der Waals surface area (Å²) in [6, 6.07) is 10.5. The smallest absolute Gasteiger partial charge is 0.191 e. The van der Waals surface area contributed by atoms with Crippen LogP contribution in [0, 0.1) is 6.92 Å². The normalized spacial score (nSPS) is 16.0. The Morgan fingerprint density at radius 2 is 2.07 bits per heavy atom. The minimum absolute atomic E-state index is 0. The molecule has 0 saturated carbocycles. The molecular weight excluding hydrogens is 491 g/mol. The van der Waals surface area contributed by atoms with Crippen LogP contribution in [0.1, 0.15) is 36.1 Å². The third kappa shape index (κ3) is 4.66. The maximum absolute atomic E-state index is 4.74. The molecule has 3 heterocycles. The van der Waals surface area contributed by atoms with E-state index >= 15 is 0 Å². The van der Waals surface area contributed by atoms with Gasteiger partial charge in [-0.1, -0.05) is 18.2 Å². The average molecular weight is 520 g/mol. The molecule has 1 aliphatic heterocycles. The lowest BCUT2D eigenvalue weighted by Gasteiger charge is -2.25. The van der Waals surface area contributed by atoms with Gasteiger partial charge in [0.1, 0.15) is 17.5 Å². The first-order valence-electron chi connectivity index (χ1n) is 9.99. The minimum Gasteiger partial charge on any atom is -0.363 e. The molecule has 30 heavy (non-hydrogen) atoms. The topological polar surface area (TPSA) is 83.3 Å². The largest absolute Gasteiger partial charge is 0.363 e. The van der Waals surface area contributed by atoms with Gasteiger partial charge in [-0.25, -0.2) is 14.6 Å². The highest BCUT2D eigenvalue weighted by molar-refractivity contribution is 14.0. The van der Waals surface area contributed by atoms with Crippen LogP contribution in [0.15, 0.2) is 35.3 Å². The zero-order chi connectivity index (χ0) is 20.4. The van der Waals surface area contributed by atoms with Crippen LogP contribution < -0.4 is 15.5 Å². The van der Waals surface area contributed by atoms with Crippen molar-refractivity contribution in [1.29, 1.82) is 0 Å². The van der Waals surface area contributed by atoms with E-state index < -0.39 is 0 Å². The van der Waals surface area contributed by atoms with E-state index in [4.69, 9.17) is 4.98 Å². The number of hydrogen-bond acceptors (Lipinski definition) is 5. The first kappa shape index (κ1) is 22.3. The van der Waals surface area contributed by atoms with Crippen LogP contribution in [-0.4, -0.2) is 46.9 Å². The Balaban J connectivity index is 0.00000256. The molecule has 2 N–H and O–H groups in total. The number of pyridine rings is 1. The number of halogens is 1. The number of para-hydroxylation sites is 1. The summed E-state index contributed by atoms with van der Waals surface area (Å²) in [5.41, 5.74) is 2.18. The summed E-state index contributed by atoms with van der Waals surface area (Å²) < 4.78 is 2.00. The fraction of sp³-hybridized carbons (Fsp3) is 0.429. The van der Waals surface area contributed by atoms with Crippen molar-refractivity contribution in [2.24, 2.45) is 4.99 Å². The molecule has 3 aromatic rings. The van der Waals surface area contributed by atoms with Gasteiger partial charge < -0.3 is 15.5 Å². The van der Waals surface area contributed by atoms with Crippen molar-refractivity contribution in [1.82, 2.24) is 30.4 Å². The number of hydrogen-bond donors (Lipinski definition) is 2.